The van der Waals surface area contributed by atoms with Crippen LogP contribution in [0.25, 0.3) is 0 Å². The Hall–Kier alpha value is -3.55. The van der Waals surface area contributed by atoms with Crippen LogP contribution in [0.1, 0.15) is 21.5 Å². The fraction of sp³-hybridized carbons (Fsp3) is 0.125. The Morgan fingerprint density at radius 2 is 1.52 bits per heavy atom. The molecule has 3 aromatic carbocycles. The van der Waals surface area contributed by atoms with E-state index in [1.807, 2.05) is 48.5 Å². The quantitative estimate of drug-likeness (QED) is 0.345. The van der Waals surface area contributed by atoms with Gasteiger partial charge >= 0.3 is 0 Å². The molecular formula is C24H21Cl2N5O2. The highest BCUT2D eigenvalue weighted by Crippen LogP contribution is 2.19. The van der Waals surface area contributed by atoms with Crippen LogP contribution in [-0.4, -0.2) is 27.8 Å². The summed E-state index contributed by atoms with van der Waals surface area (Å²) in [5.74, 6) is 0.883. The van der Waals surface area contributed by atoms with Crippen molar-refractivity contribution in [3.63, 3.8) is 0 Å². The second-order valence-electron chi connectivity index (χ2n) is 7.17. The summed E-state index contributed by atoms with van der Waals surface area (Å²) in [6.45, 7) is 0.920. The molecule has 0 aliphatic heterocycles. The summed E-state index contributed by atoms with van der Waals surface area (Å²) in [7, 11) is 1.55. The molecule has 0 spiro atoms. The standard InChI is InChI=1S/C24H21Cl2N5O2/c1-33-21-4-2-3-18(13-21)22(32)31-24(28-15-17-7-11-20(26)12-8-17)29-23(30-31)27-14-16-5-9-19(25)10-6-16/h2-13H,14-15H2,1H3,(H2,27,28,29,30). The number of nitrogens with zero attached hydrogens (tertiary/aromatic N) is 3. The fourth-order valence-electron chi connectivity index (χ4n) is 3.09. The summed E-state index contributed by atoms with van der Waals surface area (Å²) in [6, 6.07) is 21.8. The predicted molar refractivity (Wildman–Crippen MR) is 130 cm³/mol. The first-order valence-corrected chi connectivity index (χ1v) is 10.9. The first-order chi connectivity index (χ1) is 16.0. The molecule has 0 fully saturated rings. The number of ether oxygens (including phenoxy) is 1. The molecule has 2 N–H and O–H groups in total. The van der Waals surface area contributed by atoms with Gasteiger partial charge in [0, 0.05) is 28.7 Å². The molecular weight excluding hydrogens is 461 g/mol. The van der Waals surface area contributed by atoms with E-state index in [1.54, 1.807) is 31.4 Å². The van der Waals surface area contributed by atoms with Crippen LogP contribution in [0.15, 0.2) is 72.8 Å². The molecule has 33 heavy (non-hydrogen) atoms. The van der Waals surface area contributed by atoms with Crippen molar-refractivity contribution in [3.8, 4) is 5.75 Å². The van der Waals surface area contributed by atoms with Gasteiger partial charge in [0.25, 0.3) is 5.91 Å². The monoisotopic (exact) mass is 481 g/mol. The van der Waals surface area contributed by atoms with Gasteiger partial charge in [0.05, 0.1) is 7.11 Å². The van der Waals surface area contributed by atoms with Crippen LogP contribution in [0.2, 0.25) is 10.0 Å². The average molecular weight is 482 g/mol. The molecule has 0 aliphatic carbocycles. The van der Waals surface area contributed by atoms with Gasteiger partial charge in [-0.05, 0) is 53.6 Å². The molecule has 9 heteroatoms. The van der Waals surface area contributed by atoms with E-state index in [-0.39, 0.29) is 5.91 Å². The van der Waals surface area contributed by atoms with Crippen molar-refractivity contribution in [2.24, 2.45) is 0 Å². The number of benzene rings is 3. The lowest BCUT2D eigenvalue weighted by Crippen LogP contribution is -2.17. The number of methoxy groups -OCH3 is 1. The molecule has 0 saturated heterocycles. The maximum absolute atomic E-state index is 13.2. The summed E-state index contributed by atoms with van der Waals surface area (Å²) < 4.78 is 6.49. The minimum Gasteiger partial charge on any atom is -0.497 e. The second kappa shape index (κ2) is 10.4. The number of hydrogen-bond donors (Lipinski definition) is 2. The molecule has 168 valence electrons. The summed E-state index contributed by atoms with van der Waals surface area (Å²) in [5, 5.41) is 12.1. The Morgan fingerprint density at radius 1 is 0.909 bits per heavy atom. The van der Waals surface area contributed by atoms with Gasteiger partial charge in [0.15, 0.2) is 0 Å². The molecule has 0 saturated carbocycles. The van der Waals surface area contributed by atoms with Gasteiger partial charge in [-0.2, -0.15) is 9.67 Å². The molecule has 0 atom stereocenters. The molecule has 0 unspecified atom stereocenters. The Morgan fingerprint density at radius 3 is 2.12 bits per heavy atom. The van der Waals surface area contributed by atoms with Crippen molar-refractivity contribution < 1.29 is 9.53 Å². The first-order valence-electron chi connectivity index (χ1n) is 10.1. The third-order valence-corrected chi connectivity index (χ3v) is 5.35. The zero-order chi connectivity index (χ0) is 23.2. The topological polar surface area (TPSA) is 81.1 Å². The molecule has 0 aliphatic rings. The van der Waals surface area contributed by atoms with Crippen molar-refractivity contribution in [2.45, 2.75) is 13.1 Å². The average Bonchev–Trinajstić information content (AvgIpc) is 3.26. The van der Waals surface area contributed by atoms with Crippen molar-refractivity contribution >= 4 is 41.0 Å². The van der Waals surface area contributed by atoms with Crippen LogP contribution in [-0.2, 0) is 13.1 Å². The van der Waals surface area contributed by atoms with E-state index in [0.717, 1.165) is 11.1 Å². The third kappa shape index (κ3) is 5.83. The SMILES string of the molecule is COc1cccc(C(=O)n2nc(NCc3ccc(Cl)cc3)nc2NCc2ccc(Cl)cc2)c1. The van der Waals surface area contributed by atoms with Gasteiger partial charge in [-0.3, -0.25) is 4.79 Å². The largest absolute Gasteiger partial charge is 0.497 e. The zero-order valence-electron chi connectivity index (χ0n) is 17.8. The normalized spacial score (nSPS) is 10.6. The molecule has 0 amide bonds. The highest BCUT2D eigenvalue weighted by atomic mass is 35.5. The molecule has 0 radical (unpaired) electrons. The lowest BCUT2D eigenvalue weighted by molar-refractivity contribution is 0.0947. The number of carbonyl (C=O) groups excluding carboxylic acids is 1. The van der Waals surface area contributed by atoms with E-state index in [9.17, 15) is 4.79 Å². The number of aromatic nitrogens is 3. The van der Waals surface area contributed by atoms with Crippen LogP contribution < -0.4 is 15.4 Å². The fourth-order valence-corrected chi connectivity index (χ4v) is 3.34. The maximum Gasteiger partial charge on any atom is 0.281 e. The van der Waals surface area contributed by atoms with Crippen LogP contribution in [0, 0.1) is 0 Å². The van der Waals surface area contributed by atoms with E-state index in [0.29, 0.717) is 46.3 Å². The number of halogens is 2. The molecule has 4 rings (SSSR count). The number of anilines is 2. The molecule has 1 heterocycles. The van der Waals surface area contributed by atoms with Crippen molar-refractivity contribution in [1.82, 2.24) is 14.8 Å². The first kappa shape index (κ1) is 22.6. The molecule has 7 nitrogen and oxygen atoms in total. The van der Waals surface area contributed by atoms with Crippen molar-refractivity contribution in [1.29, 1.82) is 0 Å². The Kier molecular flexibility index (Phi) is 7.12. The van der Waals surface area contributed by atoms with Crippen LogP contribution >= 0.6 is 23.2 Å². The van der Waals surface area contributed by atoms with E-state index in [4.69, 9.17) is 27.9 Å². The third-order valence-electron chi connectivity index (χ3n) is 4.84. The van der Waals surface area contributed by atoms with Crippen LogP contribution in [0.3, 0.4) is 0 Å². The molecule has 0 bridgehead atoms. The Labute approximate surface area is 201 Å². The van der Waals surface area contributed by atoms with Gasteiger partial charge in [-0.15, -0.1) is 5.10 Å². The summed E-state index contributed by atoms with van der Waals surface area (Å²) in [6.07, 6.45) is 0. The second-order valence-corrected chi connectivity index (χ2v) is 8.04. The van der Waals surface area contributed by atoms with E-state index < -0.39 is 0 Å². The summed E-state index contributed by atoms with van der Waals surface area (Å²) in [4.78, 5) is 17.7. The van der Waals surface area contributed by atoms with Crippen molar-refractivity contribution in [2.75, 3.05) is 17.7 Å². The maximum atomic E-state index is 13.2. The van der Waals surface area contributed by atoms with Crippen molar-refractivity contribution in [3.05, 3.63) is 99.5 Å². The smallest absolute Gasteiger partial charge is 0.281 e. The van der Waals surface area contributed by atoms with Gasteiger partial charge in [-0.1, -0.05) is 53.5 Å². The zero-order valence-corrected chi connectivity index (χ0v) is 19.3. The van der Waals surface area contributed by atoms with Gasteiger partial charge < -0.3 is 15.4 Å². The number of nitrogens with one attached hydrogen (secondary N) is 2. The minimum atomic E-state index is -0.334. The molecule has 1 aromatic heterocycles. The highest BCUT2D eigenvalue weighted by molar-refractivity contribution is 6.30. The number of carbonyl (C=O) groups is 1. The lowest BCUT2D eigenvalue weighted by Gasteiger charge is -2.08. The highest BCUT2D eigenvalue weighted by Gasteiger charge is 2.18. The number of hydrogen-bond acceptors (Lipinski definition) is 6. The van der Waals surface area contributed by atoms with E-state index in [1.165, 1.54) is 4.68 Å². The van der Waals surface area contributed by atoms with Gasteiger partial charge in [0.1, 0.15) is 5.75 Å². The Balaban J connectivity index is 1.57. The lowest BCUT2D eigenvalue weighted by atomic mass is 10.2. The van der Waals surface area contributed by atoms with Gasteiger partial charge in [-0.25, -0.2) is 0 Å². The Bertz CT molecular complexity index is 1240. The predicted octanol–water partition coefficient (Wildman–Crippen LogP) is 5.51. The minimum absolute atomic E-state index is 0.316. The van der Waals surface area contributed by atoms with E-state index >= 15 is 0 Å². The van der Waals surface area contributed by atoms with Crippen LogP contribution in [0.4, 0.5) is 11.9 Å². The summed E-state index contributed by atoms with van der Waals surface area (Å²) in [5.41, 5.74) is 2.42. The number of rotatable bonds is 8. The van der Waals surface area contributed by atoms with E-state index in [2.05, 4.69) is 20.7 Å². The van der Waals surface area contributed by atoms with Gasteiger partial charge in [0.2, 0.25) is 11.9 Å². The summed E-state index contributed by atoms with van der Waals surface area (Å²) >= 11 is 11.9. The van der Waals surface area contributed by atoms with Crippen LogP contribution in [0.5, 0.6) is 5.75 Å². The molecule has 4 aromatic rings.